The summed E-state index contributed by atoms with van der Waals surface area (Å²) < 4.78 is 10.5. The first-order valence-electron chi connectivity index (χ1n) is 7.17. The Balaban J connectivity index is 2.12. The van der Waals surface area contributed by atoms with Crippen LogP contribution in [0.3, 0.4) is 0 Å². The van der Waals surface area contributed by atoms with Gasteiger partial charge in [-0.2, -0.15) is 0 Å². The predicted octanol–water partition coefficient (Wildman–Crippen LogP) is 3.12. The number of hydrogen-bond donors (Lipinski definition) is 0. The molecule has 0 aliphatic heterocycles. The minimum atomic E-state index is -0.170. The first kappa shape index (κ1) is 15.0. The van der Waals surface area contributed by atoms with Gasteiger partial charge in [-0.25, -0.2) is 4.98 Å². The molecule has 0 atom stereocenters. The van der Waals surface area contributed by atoms with E-state index >= 15 is 0 Å². The molecule has 0 fully saturated rings. The molecule has 3 rings (SSSR count). The number of nitrogens with zero attached hydrogens (tertiary/aromatic N) is 3. The SMILES string of the molecule is COc1ccccc1N(C)C(=O)c1cc(C)nc2onc(C)c12. The highest BCUT2D eigenvalue weighted by Crippen LogP contribution is 2.30. The average molecular weight is 311 g/mol. The van der Waals surface area contributed by atoms with Crippen LogP contribution in [0.25, 0.3) is 11.1 Å². The van der Waals surface area contributed by atoms with Crippen LogP contribution in [0.2, 0.25) is 0 Å². The maximum absolute atomic E-state index is 13.0. The molecule has 118 valence electrons. The number of benzene rings is 1. The van der Waals surface area contributed by atoms with E-state index in [1.807, 2.05) is 31.2 Å². The molecule has 1 amide bonds. The Morgan fingerprint density at radius 2 is 2.00 bits per heavy atom. The fourth-order valence-corrected chi connectivity index (χ4v) is 2.58. The monoisotopic (exact) mass is 311 g/mol. The molecule has 0 aliphatic rings. The van der Waals surface area contributed by atoms with Crippen molar-refractivity contribution >= 4 is 22.7 Å². The summed E-state index contributed by atoms with van der Waals surface area (Å²) in [6, 6.07) is 9.12. The largest absolute Gasteiger partial charge is 0.495 e. The molecular weight excluding hydrogens is 294 g/mol. The molecule has 1 aromatic carbocycles. The number of carbonyl (C=O) groups excluding carboxylic acids is 1. The van der Waals surface area contributed by atoms with Crippen molar-refractivity contribution in [2.75, 3.05) is 19.1 Å². The molecular formula is C17H17N3O3. The summed E-state index contributed by atoms with van der Waals surface area (Å²) in [7, 11) is 3.29. The van der Waals surface area contributed by atoms with Gasteiger partial charge in [0.25, 0.3) is 11.6 Å². The van der Waals surface area contributed by atoms with Crippen LogP contribution in [0.4, 0.5) is 5.69 Å². The van der Waals surface area contributed by atoms with E-state index in [9.17, 15) is 4.79 Å². The number of hydrogen-bond acceptors (Lipinski definition) is 5. The van der Waals surface area contributed by atoms with Crippen LogP contribution in [-0.2, 0) is 0 Å². The molecule has 0 unspecified atom stereocenters. The van der Waals surface area contributed by atoms with Crippen molar-refractivity contribution in [2.45, 2.75) is 13.8 Å². The van der Waals surface area contributed by atoms with Crippen LogP contribution in [0.1, 0.15) is 21.7 Å². The Kier molecular flexibility index (Phi) is 3.73. The van der Waals surface area contributed by atoms with Crippen LogP contribution in [0, 0.1) is 13.8 Å². The number of carbonyl (C=O) groups is 1. The molecule has 0 aliphatic carbocycles. The van der Waals surface area contributed by atoms with Crippen molar-refractivity contribution < 1.29 is 14.1 Å². The number of para-hydroxylation sites is 2. The normalized spacial score (nSPS) is 10.8. The Morgan fingerprint density at radius 3 is 2.74 bits per heavy atom. The van der Waals surface area contributed by atoms with E-state index in [-0.39, 0.29) is 5.91 Å². The zero-order valence-electron chi connectivity index (χ0n) is 13.5. The van der Waals surface area contributed by atoms with E-state index in [1.165, 1.54) is 0 Å². The fourth-order valence-electron chi connectivity index (χ4n) is 2.58. The Morgan fingerprint density at radius 1 is 1.26 bits per heavy atom. The van der Waals surface area contributed by atoms with Gasteiger partial charge in [0.1, 0.15) is 5.75 Å². The third-order valence-electron chi connectivity index (χ3n) is 3.73. The van der Waals surface area contributed by atoms with Gasteiger partial charge < -0.3 is 14.2 Å². The van der Waals surface area contributed by atoms with E-state index in [0.717, 1.165) is 0 Å². The van der Waals surface area contributed by atoms with E-state index in [4.69, 9.17) is 9.26 Å². The van der Waals surface area contributed by atoms with Crippen LogP contribution in [-0.4, -0.2) is 30.2 Å². The predicted molar refractivity (Wildman–Crippen MR) is 87.0 cm³/mol. The van der Waals surface area contributed by atoms with Gasteiger partial charge in [-0.05, 0) is 32.0 Å². The second kappa shape index (κ2) is 5.72. The van der Waals surface area contributed by atoms with E-state index in [0.29, 0.717) is 39.5 Å². The van der Waals surface area contributed by atoms with Crippen LogP contribution in [0.5, 0.6) is 5.75 Å². The molecule has 0 radical (unpaired) electrons. The lowest BCUT2D eigenvalue weighted by atomic mass is 10.1. The van der Waals surface area contributed by atoms with Crippen LogP contribution < -0.4 is 9.64 Å². The summed E-state index contributed by atoms with van der Waals surface area (Å²) in [5.74, 6) is 0.462. The number of anilines is 1. The van der Waals surface area contributed by atoms with E-state index in [2.05, 4.69) is 10.1 Å². The first-order valence-corrected chi connectivity index (χ1v) is 7.17. The zero-order valence-corrected chi connectivity index (χ0v) is 13.5. The standard InChI is InChI=1S/C17H17N3O3/c1-10-9-12(15-11(2)19-23-16(15)18-10)17(21)20(3)13-7-5-6-8-14(13)22-4/h5-9H,1-4H3. The highest BCUT2D eigenvalue weighted by Gasteiger charge is 2.22. The van der Waals surface area contributed by atoms with Gasteiger partial charge in [-0.3, -0.25) is 4.79 Å². The highest BCUT2D eigenvalue weighted by atomic mass is 16.5. The maximum Gasteiger partial charge on any atom is 0.259 e. The number of aromatic nitrogens is 2. The molecule has 0 N–H and O–H groups in total. The lowest BCUT2D eigenvalue weighted by Gasteiger charge is -2.20. The summed E-state index contributed by atoms with van der Waals surface area (Å²) in [4.78, 5) is 18.8. The van der Waals surface area contributed by atoms with Gasteiger partial charge >= 0.3 is 0 Å². The van der Waals surface area contributed by atoms with Crippen molar-refractivity contribution in [3.05, 3.63) is 47.3 Å². The first-order chi connectivity index (χ1) is 11.0. The van der Waals surface area contributed by atoms with Crippen molar-refractivity contribution in [1.82, 2.24) is 10.1 Å². The molecule has 2 heterocycles. The maximum atomic E-state index is 13.0. The number of fused-ring (bicyclic) bond motifs is 1. The van der Waals surface area contributed by atoms with Crippen molar-refractivity contribution in [2.24, 2.45) is 0 Å². The smallest absolute Gasteiger partial charge is 0.259 e. The van der Waals surface area contributed by atoms with Gasteiger partial charge in [-0.1, -0.05) is 17.3 Å². The quantitative estimate of drug-likeness (QED) is 0.743. The van der Waals surface area contributed by atoms with Gasteiger partial charge in [0.05, 0.1) is 29.4 Å². The summed E-state index contributed by atoms with van der Waals surface area (Å²) >= 11 is 0. The third-order valence-corrected chi connectivity index (χ3v) is 3.73. The van der Waals surface area contributed by atoms with Gasteiger partial charge in [-0.15, -0.1) is 0 Å². The summed E-state index contributed by atoms with van der Waals surface area (Å²) in [5.41, 5.74) is 2.92. The topological polar surface area (TPSA) is 68.5 Å². The summed E-state index contributed by atoms with van der Waals surface area (Å²) in [6.45, 7) is 3.61. The minimum Gasteiger partial charge on any atom is -0.495 e. The molecule has 2 aromatic heterocycles. The number of pyridine rings is 1. The molecule has 6 heteroatoms. The number of ether oxygens (including phenoxy) is 1. The van der Waals surface area contributed by atoms with E-state index in [1.54, 1.807) is 32.0 Å². The Labute approximate surface area is 133 Å². The van der Waals surface area contributed by atoms with Crippen molar-refractivity contribution in [3.8, 4) is 5.75 Å². The summed E-state index contributed by atoms with van der Waals surface area (Å²) in [6.07, 6.45) is 0. The number of aryl methyl sites for hydroxylation is 2. The second-order valence-corrected chi connectivity index (χ2v) is 5.30. The minimum absolute atomic E-state index is 0.170. The van der Waals surface area contributed by atoms with Gasteiger partial charge in [0.2, 0.25) is 0 Å². The van der Waals surface area contributed by atoms with Crippen LogP contribution >= 0.6 is 0 Å². The second-order valence-electron chi connectivity index (χ2n) is 5.30. The molecule has 3 aromatic rings. The fraction of sp³-hybridized carbons (Fsp3) is 0.235. The van der Waals surface area contributed by atoms with Crippen molar-refractivity contribution in [1.29, 1.82) is 0 Å². The molecule has 0 spiro atoms. The average Bonchev–Trinajstić information content (AvgIpc) is 2.93. The Hall–Kier alpha value is -2.89. The molecule has 0 bridgehead atoms. The lowest BCUT2D eigenvalue weighted by Crippen LogP contribution is -2.27. The summed E-state index contributed by atoms with van der Waals surface area (Å²) in [5, 5.41) is 4.55. The molecule has 23 heavy (non-hydrogen) atoms. The number of methoxy groups -OCH3 is 1. The van der Waals surface area contributed by atoms with Crippen molar-refractivity contribution in [3.63, 3.8) is 0 Å². The molecule has 0 saturated carbocycles. The lowest BCUT2D eigenvalue weighted by molar-refractivity contribution is 0.0993. The van der Waals surface area contributed by atoms with E-state index < -0.39 is 0 Å². The Bertz CT molecular complexity index is 886. The van der Waals surface area contributed by atoms with Gasteiger partial charge in [0.15, 0.2) is 0 Å². The number of amides is 1. The van der Waals surface area contributed by atoms with Crippen LogP contribution in [0.15, 0.2) is 34.9 Å². The van der Waals surface area contributed by atoms with Gasteiger partial charge in [0, 0.05) is 12.7 Å². The molecule has 6 nitrogen and oxygen atoms in total. The third kappa shape index (κ3) is 2.52. The molecule has 0 saturated heterocycles. The highest BCUT2D eigenvalue weighted by molar-refractivity contribution is 6.13. The number of rotatable bonds is 3. The zero-order chi connectivity index (χ0) is 16.6.